The second-order valence-electron chi connectivity index (χ2n) is 4.92. The Morgan fingerprint density at radius 2 is 1.45 bits per heavy atom. The summed E-state index contributed by atoms with van der Waals surface area (Å²) >= 11 is 0. The number of rotatable bonds is 4. The molecule has 0 bridgehead atoms. The van der Waals surface area contributed by atoms with Gasteiger partial charge in [0, 0.05) is 0 Å². The van der Waals surface area contributed by atoms with E-state index in [4.69, 9.17) is 5.11 Å². The fourth-order valence-corrected chi connectivity index (χ4v) is 1.98. The van der Waals surface area contributed by atoms with E-state index < -0.39 is 5.97 Å². The molecule has 2 aromatic rings. The number of nitrogens with zero attached hydrogens (tertiary/aromatic N) is 2. The molecule has 0 aliphatic carbocycles. The van der Waals surface area contributed by atoms with Gasteiger partial charge < -0.3 is 10.2 Å². The predicted molar refractivity (Wildman–Crippen MR) is 86.2 cm³/mol. The van der Waals surface area contributed by atoms with E-state index in [2.05, 4.69) is 10.2 Å². The molecule has 2 aromatic carbocycles. The first-order valence-corrected chi connectivity index (χ1v) is 6.67. The monoisotopic (exact) mass is 296 g/mol. The molecule has 22 heavy (non-hydrogen) atoms. The van der Waals surface area contributed by atoms with Gasteiger partial charge in [-0.05, 0) is 60.4 Å². The van der Waals surface area contributed by atoms with Crippen molar-refractivity contribution in [1.82, 2.24) is 0 Å². The average molecular weight is 296 g/mol. The average Bonchev–Trinajstić information content (AvgIpc) is 2.49. The van der Waals surface area contributed by atoms with Crippen LogP contribution in [-0.4, -0.2) is 28.6 Å². The molecule has 2 N–H and O–H groups in total. The third-order valence-corrected chi connectivity index (χ3v) is 3.15. The summed E-state index contributed by atoms with van der Waals surface area (Å²) in [6, 6.07) is 10.0. The Kier molecular flexibility index (Phi) is 4.68. The van der Waals surface area contributed by atoms with Crippen molar-refractivity contribution in [3.05, 3.63) is 64.2 Å². The first kappa shape index (κ1) is 15.4. The number of carboxylic acid groups (broad SMARTS) is 1. The number of aromatic carboxylic acids is 1. The van der Waals surface area contributed by atoms with Crippen LogP contribution in [0.15, 0.2) is 46.6 Å². The Hall–Kier alpha value is -2.95. The standard InChI is InChI=1S/C17H16N2O3/c1-11-7-14(8-12(2)16(11)20)10-19-18-9-13-3-5-15(6-4-13)17(21)22/h3-10,20H,1-2H3,(H,21,22)/b18-9+,19-10+. The summed E-state index contributed by atoms with van der Waals surface area (Å²) in [5.74, 6) is -0.668. The highest BCUT2D eigenvalue weighted by Crippen LogP contribution is 2.22. The first-order valence-electron chi connectivity index (χ1n) is 6.67. The summed E-state index contributed by atoms with van der Waals surface area (Å²) < 4.78 is 0. The molecule has 0 heterocycles. The van der Waals surface area contributed by atoms with Gasteiger partial charge >= 0.3 is 5.97 Å². The van der Waals surface area contributed by atoms with Gasteiger partial charge in [-0.1, -0.05) is 12.1 Å². The second kappa shape index (κ2) is 6.67. The zero-order chi connectivity index (χ0) is 16.1. The van der Waals surface area contributed by atoms with Crippen molar-refractivity contribution in [3.8, 4) is 5.75 Å². The van der Waals surface area contributed by atoms with Crippen LogP contribution in [0.3, 0.4) is 0 Å². The normalized spacial score (nSPS) is 11.4. The van der Waals surface area contributed by atoms with Gasteiger partial charge in [-0.25, -0.2) is 4.79 Å². The highest BCUT2D eigenvalue weighted by Gasteiger charge is 2.01. The summed E-state index contributed by atoms with van der Waals surface area (Å²) in [7, 11) is 0. The van der Waals surface area contributed by atoms with Gasteiger partial charge in [0.15, 0.2) is 0 Å². The van der Waals surface area contributed by atoms with Gasteiger partial charge in [0.25, 0.3) is 0 Å². The molecule has 0 atom stereocenters. The van der Waals surface area contributed by atoms with E-state index in [1.165, 1.54) is 12.1 Å². The largest absolute Gasteiger partial charge is 0.507 e. The summed E-state index contributed by atoms with van der Waals surface area (Å²) in [6.45, 7) is 3.65. The zero-order valence-electron chi connectivity index (χ0n) is 12.3. The smallest absolute Gasteiger partial charge is 0.335 e. The summed E-state index contributed by atoms with van der Waals surface area (Å²) in [5, 5.41) is 26.4. The highest BCUT2D eigenvalue weighted by molar-refractivity contribution is 5.89. The second-order valence-corrected chi connectivity index (χ2v) is 4.92. The van der Waals surface area contributed by atoms with Gasteiger partial charge in [-0.2, -0.15) is 10.2 Å². The Balaban J connectivity index is 2.07. The SMILES string of the molecule is Cc1cc(/C=N/N=C/c2ccc(C(=O)O)cc2)cc(C)c1O. The van der Waals surface area contributed by atoms with Crippen LogP contribution in [0.1, 0.15) is 32.6 Å². The van der Waals surface area contributed by atoms with Crippen molar-refractivity contribution in [1.29, 1.82) is 0 Å². The van der Waals surface area contributed by atoms with Crippen LogP contribution in [0.25, 0.3) is 0 Å². The third kappa shape index (κ3) is 3.79. The van der Waals surface area contributed by atoms with Crippen LogP contribution in [0, 0.1) is 13.8 Å². The summed E-state index contributed by atoms with van der Waals surface area (Å²) in [5.41, 5.74) is 3.42. The molecule has 0 aromatic heterocycles. The molecule has 5 heteroatoms. The summed E-state index contributed by atoms with van der Waals surface area (Å²) in [4.78, 5) is 10.7. The zero-order valence-corrected chi connectivity index (χ0v) is 12.3. The van der Waals surface area contributed by atoms with E-state index in [1.807, 2.05) is 26.0 Å². The molecule has 0 unspecified atom stereocenters. The minimum atomic E-state index is -0.959. The van der Waals surface area contributed by atoms with Crippen molar-refractivity contribution in [2.24, 2.45) is 10.2 Å². The summed E-state index contributed by atoms with van der Waals surface area (Å²) in [6.07, 6.45) is 3.14. The van der Waals surface area contributed by atoms with Crippen molar-refractivity contribution in [2.75, 3.05) is 0 Å². The van der Waals surface area contributed by atoms with Gasteiger partial charge in [0.1, 0.15) is 5.75 Å². The van der Waals surface area contributed by atoms with E-state index >= 15 is 0 Å². The van der Waals surface area contributed by atoms with Gasteiger partial charge in [0.05, 0.1) is 18.0 Å². The molecule has 0 radical (unpaired) electrons. The number of carbonyl (C=O) groups is 1. The van der Waals surface area contributed by atoms with Crippen LogP contribution in [0.5, 0.6) is 5.75 Å². The first-order chi connectivity index (χ1) is 10.5. The number of phenols is 1. The number of hydrogen-bond acceptors (Lipinski definition) is 4. The Labute approximate surface area is 128 Å². The maximum atomic E-state index is 10.7. The Morgan fingerprint density at radius 3 is 1.95 bits per heavy atom. The van der Waals surface area contributed by atoms with Crippen LogP contribution in [0.2, 0.25) is 0 Å². The molecular weight excluding hydrogens is 280 g/mol. The van der Waals surface area contributed by atoms with Crippen LogP contribution >= 0.6 is 0 Å². The van der Waals surface area contributed by atoms with Crippen LogP contribution in [-0.2, 0) is 0 Å². The van der Waals surface area contributed by atoms with E-state index in [-0.39, 0.29) is 5.56 Å². The molecule has 0 spiro atoms. The molecule has 0 amide bonds. The Morgan fingerprint density at radius 1 is 0.955 bits per heavy atom. The van der Waals surface area contributed by atoms with Crippen molar-refractivity contribution >= 4 is 18.4 Å². The molecule has 0 fully saturated rings. The van der Waals surface area contributed by atoms with Crippen molar-refractivity contribution < 1.29 is 15.0 Å². The number of phenolic OH excluding ortho intramolecular Hbond substituents is 1. The molecule has 0 saturated heterocycles. The lowest BCUT2D eigenvalue weighted by Crippen LogP contribution is -1.95. The van der Waals surface area contributed by atoms with E-state index in [1.54, 1.807) is 24.6 Å². The van der Waals surface area contributed by atoms with Crippen molar-refractivity contribution in [2.45, 2.75) is 13.8 Å². The molecule has 0 aliphatic rings. The molecule has 0 saturated carbocycles. The Bertz CT molecular complexity index is 724. The predicted octanol–water partition coefficient (Wildman–Crippen LogP) is 3.16. The minimum absolute atomic E-state index is 0.232. The number of benzene rings is 2. The van der Waals surface area contributed by atoms with Gasteiger partial charge in [-0.3, -0.25) is 0 Å². The molecule has 2 rings (SSSR count). The maximum absolute atomic E-state index is 10.7. The number of aryl methyl sites for hydroxylation is 2. The fraction of sp³-hybridized carbons (Fsp3) is 0.118. The lowest BCUT2D eigenvalue weighted by atomic mass is 10.1. The number of carboxylic acids is 1. The van der Waals surface area contributed by atoms with E-state index in [0.717, 1.165) is 22.3 Å². The van der Waals surface area contributed by atoms with E-state index in [0.29, 0.717) is 5.75 Å². The topological polar surface area (TPSA) is 82.2 Å². The molecule has 0 aliphatic heterocycles. The molecule has 112 valence electrons. The number of aromatic hydroxyl groups is 1. The van der Waals surface area contributed by atoms with Gasteiger partial charge in [-0.15, -0.1) is 0 Å². The lowest BCUT2D eigenvalue weighted by molar-refractivity contribution is 0.0697. The van der Waals surface area contributed by atoms with Crippen LogP contribution < -0.4 is 0 Å². The molecular formula is C17H16N2O3. The van der Waals surface area contributed by atoms with Gasteiger partial charge in [0.2, 0.25) is 0 Å². The maximum Gasteiger partial charge on any atom is 0.335 e. The van der Waals surface area contributed by atoms with Crippen molar-refractivity contribution in [3.63, 3.8) is 0 Å². The third-order valence-electron chi connectivity index (χ3n) is 3.15. The quantitative estimate of drug-likeness (QED) is 0.671. The highest BCUT2D eigenvalue weighted by atomic mass is 16.4. The lowest BCUT2D eigenvalue weighted by Gasteiger charge is -2.03. The number of hydrogen-bond donors (Lipinski definition) is 2. The molecule has 5 nitrogen and oxygen atoms in total. The minimum Gasteiger partial charge on any atom is -0.507 e. The fourth-order valence-electron chi connectivity index (χ4n) is 1.98. The van der Waals surface area contributed by atoms with Crippen LogP contribution in [0.4, 0.5) is 0 Å². The van der Waals surface area contributed by atoms with E-state index in [9.17, 15) is 9.90 Å².